The number of unbranched alkanes of at least 4 members (excludes halogenated alkanes) is 1. The highest BCUT2D eigenvalue weighted by molar-refractivity contribution is 4.85. The molecule has 0 aromatic carbocycles. The van der Waals surface area contributed by atoms with Crippen LogP contribution in [0, 0.1) is 17.8 Å². The Kier molecular flexibility index (Phi) is 13.1. The molecule has 0 aliphatic heterocycles. The molecule has 24 heavy (non-hydrogen) atoms. The molecule has 0 rings (SSSR count). The number of aliphatic hydroxyl groups is 3. The van der Waals surface area contributed by atoms with Crippen molar-refractivity contribution in [2.75, 3.05) is 6.61 Å². The minimum atomic E-state index is -0.692. The summed E-state index contributed by atoms with van der Waals surface area (Å²) in [5.41, 5.74) is -0.692. The van der Waals surface area contributed by atoms with Crippen molar-refractivity contribution < 1.29 is 15.3 Å². The van der Waals surface area contributed by atoms with E-state index in [9.17, 15) is 10.2 Å². The average molecular weight is 345 g/mol. The fraction of sp³-hybridized carbons (Fsp3) is 1.00. The fourth-order valence-electron chi connectivity index (χ4n) is 3.95. The molecule has 0 spiro atoms. The smallest absolute Gasteiger partial charge is 0.0651 e. The van der Waals surface area contributed by atoms with Gasteiger partial charge in [-0.25, -0.2) is 0 Å². The van der Waals surface area contributed by atoms with Gasteiger partial charge in [0.1, 0.15) is 0 Å². The SMILES string of the molecule is CCCCC(C)CC(CC)C[C@@](O)(CC)C[C@H](CC)[C@@H](O)CCO. The Labute approximate surface area is 150 Å². The molecule has 0 aromatic heterocycles. The predicted octanol–water partition coefficient (Wildman–Crippen LogP) is 4.92. The van der Waals surface area contributed by atoms with Crippen LogP contribution in [0.4, 0.5) is 0 Å². The molecule has 0 heterocycles. The van der Waals surface area contributed by atoms with Crippen LogP contribution in [0.5, 0.6) is 0 Å². The highest BCUT2D eigenvalue weighted by Gasteiger charge is 2.33. The molecular weight excluding hydrogens is 300 g/mol. The molecule has 0 saturated carbocycles. The second-order valence-corrected chi connectivity index (χ2v) is 7.99. The summed E-state index contributed by atoms with van der Waals surface area (Å²) in [5.74, 6) is 1.34. The number of aliphatic hydroxyl groups excluding tert-OH is 2. The van der Waals surface area contributed by atoms with Crippen LogP contribution in [0.2, 0.25) is 0 Å². The van der Waals surface area contributed by atoms with Crippen molar-refractivity contribution >= 4 is 0 Å². The lowest BCUT2D eigenvalue weighted by molar-refractivity contribution is -0.0390. The van der Waals surface area contributed by atoms with Gasteiger partial charge in [0.05, 0.1) is 11.7 Å². The second-order valence-electron chi connectivity index (χ2n) is 7.99. The van der Waals surface area contributed by atoms with Gasteiger partial charge in [0.2, 0.25) is 0 Å². The van der Waals surface area contributed by atoms with E-state index in [1.54, 1.807) is 0 Å². The molecule has 0 aliphatic rings. The van der Waals surface area contributed by atoms with E-state index < -0.39 is 11.7 Å². The molecule has 146 valence electrons. The van der Waals surface area contributed by atoms with Crippen LogP contribution < -0.4 is 0 Å². The normalized spacial score (nSPS) is 19.5. The fourth-order valence-corrected chi connectivity index (χ4v) is 3.95. The Morgan fingerprint density at radius 2 is 1.62 bits per heavy atom. The maximum absolute atomic E-state index is 11.2. The van der Waals surface area contributed by atoms with Crippen LogP contribution in [0.3, 0.4) is 0 Å². The van der Waals surface area contributed by atoms with E-state index in [0.29, 0.717) is 18.8 Å². The number of hydrogen-bond acceptors (Lipinski definition) is 3. The summed E-state index contributed by atoms with van der Waals surface area (Å²) in [7, 11) is 0. The zero-order chi connectivity index (χ0) is 18.6. The Morgan fingerprint density at radius 3 is 2.08 bits per heavy atom. The van der Waals surface area contributed by atoms with E-state index in [1.807, 2.05) is 0 Å². The third kappa shape index (κ3) is 9.39. The highest BCUT2D eigenvalue weighted by atomic mass is 16.3. The van der Waals surface area contributed by atoms with Crippen LogP contribution in [0.15, 0.2) is 0 Å². The summed E-state index contributed by atoms with van der Waals surface area (Å²) in [6.07, 6.45) is 9.06. The molecule has 3 N–H and O–H groups in total. The Hall–Kier alpha value is -0.120. The van der Waals surface area contributed by atoms with Crippen molar-refractivity contribution in [1.82, 2.24) is 0 Å². The van der Waals surface area contributed by atoms with Crippen LogP contribution in [-0.2, 0) is 0 Å². The van der Waals surface area contributed by atoms with Gasteiger partial charge < -0.3 is 15.3 Å². The Balaban J connectivity index is 4.74. The summed E-state index contributed by atoms with van der Waals surface area (Å²) in [4.78, 5) is 0. The van der Waals surface area contributed by atoms with Crippen molar-refractivity contribution in [2.45, 2.75) is 111 Å². The van der Waals surface area contributed by atoms with E-state index in [-0.39, 0.29) is 12.5 Å². The Morgan fingerprint density at radius 1 is 0.958 bits per heavy atom. The Bertz CT molecular complexity index is 295. The first-order valence-electron chi connectivity index (χ1n) is 10.4. The molecule has 0 fully saturated rings. The lowest BCUT2D eigenvalue weighted by Gasteiger charge is -2.36. The molecule has 0 amide bonds. The molecule has 0 aromatic rings. The topological polar surface area (TPSA) is 60.7 Å². The molecule has 0 aliphatic carbocycles. The molecule has 3 nitrogen and oxygen atoms in total. The van der Waals surface area contributed by atoms with Gasteiger partial charge >= 0.3 is 0 Å². The molecule has 2 unspecified atom stereocenters. The molecule has 0 bridgehead atoms. The maximum atomic E-state index is 11.2. The van der Waals surface area contributed by atoms with E-state index in [4.69, 9.17) is 5.11 Å². The summed E-state index contributed by atoms with van der Waals surface area (Å²) in [6.45, 7) is 10.9. The minimum Gasteiger partial charge on any atom is -0.396 e. The summed E-state index contributed by atoms with van der Waals surface area (Å²) < 4.78 is 0. The van der Waals surface area contributed by atoms with Crippen molar-refractivity contribution in [3.05, 3.63) is 0 Å². The summed E-state index contributed by atoms with van der Waals surface area (Å²) >= 11 is 0. The van der Waals surface area contributed by atoms with E-state index in [0.717, 1.165) is 31.6 Å². The van der Waals surface area contributed by atoms with Gasteiger partial charge in [-0.2, -0.15) is 0 Å². The van der Waals surface area contributed by atoms with Crippen LogP contribution in [0.1, 0.15) is 98.8 Å². The first kappa shape index (κ1) is 23.9. The van der Waals surface area contributed by atoms with Crippen LogP contribution in [-0.4, -0.2) is 33.6 Å². The van der Waals surface area contributed by atoms with Gasteiger partial charge in [0.25, 0.3) is 0 Å². The number of rotatable bonds is 15. The first-order valence-corrected chi connectivity index (χ1v) is 10.4. The molecular formula is C21H44O3. The van der Waals surface area contributed by atoms with Crippen molar-refractivity contribution in [2.24, 2.45) is 17.8 Å². The van der Waals surface area contributed by atoms with Crippen molar-refractivity contribution in [3.63, 3.8) is 0 Å². The van der Waals surface area contributed by atoms with Gasteiger partial charge in [0.15, 0.2) is 0 Å². The van der Waals surface area contributed by atoms with Crippen LogP contribution >= 0.6 is 0 Å². The quantitative estimate of drug-likeness (QED) is 0.395. The second kappa shape index (κ2) is 13.1. The third-order valence-corrected chi connectivity index (χ3v) is 5.83. The van der Waals surface area contributed by atoms with Crippen molar-refractivity contribution in [1.29, 1.82) is 0 Å². The molecule has 0 radical (unpaired) electrons. The number of hydrogen-bond donors (Lipinski definition) is 3. The predicted molar refractivity (Wildman–Crippen MR) is 103 cm³/mol. The van der Waals surface area contributed by atoms with E-state index in [1.165, 1.54) is 25.7 Å². The molecule has 0 saturated heterocycles. The first-order chi connectivity index (χ1) is 11.4. The van der Waals surface area contributed by atoms with Gasteiger partial charge in [0, 0.05) is 6.61 Å². The van der Waals surface area contributed by atoms with Crippen molar-refractivity contribution in [3.8, 4) is 0 Å². The monoisotopic (exact) mass is 344 g/mol. The van der Waals surface area contributed by atoms with Gasteiger partial charge in [-0.3, -0.25) is 0 Å². The van der Waals surface area contributed by atoms with Gasteiger partial charge in [-0.1, -0.05) is 66.7 Å². The zero-order valence-corrected chi connectivity index (χ0v) is 16.9. The third-order valence-electron chi connectivity index (χ3n) is 5.83. The largest absolute Gasteiger partial charge is 0.396 e. The summed E-state index contributed by atoms with van der Waals surface area (Å²) in [6, 6.07) is 0. The van der Waals surface area contributed by atoms with E-state index in [2.05, 4.69) is 34.6 Å². The standard InChI is InChI=1S/C21H44O3/c1-6-10-11-17(5)14-18(7-2)15-21(24,9-4)16-19(8-3)20(23)12-13-22/h17-20,22-24H,6-16H2,1-5H3/t17?,18?,19-,20-,21-/m0/s1. The molecule has 5 atom stereocenters. The average Bonchev–Trinajstić information content (AvgIpc) is 2.57. The van der Waals surface area contributed by atoms with Gasteiger partial charge in [-0.15, -0.1) is 0 Å². The lowest BCUT2D eigenvalue weighted by atomic mass is 9.75. The van der Waals surface area contributed by atoms with Crippen LogP contribution in [0.25, 0.3) is 0 Å². The molecule has 3 heteroatoms. The minimum absolute atomic E-state index is 0.00868. The zero-order valence-electron chi connectivity index (χ0n) is 16.9. The van der Waals surface area contributed by atoms with Gasteiger partial charge in [-0.05, 0) is 49.9 Å². The summed E-state index contributed by atoms with van der Waals surface area (Å²) in [5, 5.41) is 30.5. The van der Waals surface area contributed by atoms with E-state index >= 15 is 0 Å². The maximum Gasteiger partial charge on any atom is 0.0651 e. The lowest BCUT2D eigenvalue weighted by Crippen LogP contribution is -2.37. The highest BCUT2D eigenvalue weighted by Crippen LogP contribution is 2.35.